The molecule has 4 rings (SSSR count). The van der Waals surface area contributed by atoms with Crippen molar-refractivity contribution >= 4 is 28.6 Å². The number of β-amino-alcohol motifs (C(OH)–C–C–N with tert-alkyl or cyclic N) is 1. The highest BCUT2D eigenvalue weighted by atomic mass is 16.3. The van der Waals surface area contributed by atoms with Crippen LogP contribution in [0.25, 0.3) is 11.2 Å². The van der Waals surface area contributed by atoms with E-state index in [-0.39, 0.29) is 6.10 Å². The maximum Gasteiger partial charge on any atom is 0.229 e. The van der Waals surface area contributed by atoms with Crippen LogP contribution in [-0.4, -0.2) is 44.2 Å². The molecule has 1 aliphatic rings. The molecule has 0 aliphatic carbocycles. The zero-order valence-electron chi connectivity index (χ0n) is 12.6. The molecular formula is C16H18N6O. The first-order chi connectivity index (χ1) is 11.3. The molecular weight excluding hydrogens is 292 g/mol. The SMILES string of the molecule is O[C@H]1CCCN(c2nc(Nc3ccccc3)c3[nH]cnc3n2)C1. The predicted molar refractivity (Wildman–Crippen MR) is 88.9 cm³/mol. The van der Waals surface area contributed by atoms with Crippen LogP contribution < -0.4 is 10.2 Å². The monoisotopic (exact) mass is 310 g/mol. The smallest absolute Gasteiger partial charge is 0.229 e. The second-order valence-corrected chi connectivity index (χ2v) is 5.71. The van der Waals surface area contributed by atoms with Crippen molar-refractivity contribution in [2.45, 2.75) is 18.9 Å². The van der Waals surface area contributed by atoms with E-state index < -0.39 is 0 Å². The molecule has 0 bridgehead atoms. The Labute approximate surface area is 133 Å². The van der Waals surface area contributed by atoms with Gasteiger partial charge in [-0.15, -0.1) is 0 Å². The van der Waals surface area contributed by atoms with Crippen molar-refractivity contribution in [3.05, 3.63) is 36.7 Å². The molecule has 0 radical (unpaired) electrons. The number of H-pyrrole nitrogens is 1. The first kappa shape index (κ1) is 14.0. The van der Waals surface area contributed by atoms with Crippen LogP contribution in [0.4, 0.5) is 17.5 Å². The predicted octanol–water partition coefficient (Wildman–Crippen LogP) is 2.06. The zero-order valence-corrected chi connectivity index (χ0v) is 12.6. The summed E-state index contributed by atoms with van der Waals surface area (Å²) in [5.74, 6) is 1.29. The number of aromatic nitrogens is 4. The van der Waals surface area contributed by atoms with E-state index in [0.717, 1.165) is 30.6 Å². The summed E-state index contributed by atoms with van der Waals surface area (Å²) in [6, 6.07) is 9.87. The van der Waals surface area contributed by atoms with E-state index in [1.807, 2.05) is 35.2 Å². The van der Waals surface area contributed by atoms with Crippen molar-refractivity contribution in [1.82, 2.24) is 19.9 Å². The number of aliphatic hydroxyl groups is 1. The van der Waals surface area contributed by atoms with Crippen LogP contribution >= 0.6 is 0 Å². The van der Waals surface area contributed by atoms with Gasteiger partial charge in [-0.25, -0.2) is 4.98 Å². The Morgan fingerprint density at radius 3 is 2.91 bits per heavy atom. The molecule has 118 valence electrons. The van der Waals surface area contributed by atoms with Crippen LogP contribution in [0.5, 0.6) is 0 Å². The van der Waals surface area contributed by atoms with Crippen LogP contribution in [0, 0.1) is 0 Å². The summed E-state index contributed by atoms with van der Waals surface area (Å²) in [5, 5.41) is 13.2. The lowest BCUT2D eigenvalue weighted by molar-refractivity contribution is 0.153. The molecule has 1 fully saturated rings. The van der Waals surface area contributed by atoms with Crippen LogP contribution in [-0.2, 0) is 0 Å². The maximum absolute atomic E-state index is 9.88. The molecule has 7 heteroatoms. The van der Waals surface area contributed by atoms with Crippen LogP contribution in [0.15, 0.2) is 36.7 Å². The topological polar surface area (TPSA) is 90.0 Å². The zero-order chi connectivity index (χ0) is 15.6. The second kappa shape index (κ2) is 5.85. The molecule has 1 saturated heterocycles. The van der Waals surface area contributed by atoms with Crippen LogP contribution in [0.2, 0.25) is 0 Å². The average Bonchev–Trinajstić information content (AvgIpc) is 3.05. The Morgan fingerprint density at radius 1 is 1.22 bits per heavy atom. The summed E-state index contributed by atoms with van der Waals surface area (Å²) in [5.41, 5.74) is 2.34. The van der Waals surface area contributed by atoms with E-state index in [1.54, 1.807) is 6.33 Å². The third-order valence-corrected chi connectivity index (χ3v) is 3.99. The van der Waals surface area contributed by atoms with E-state index in [4.69, 9.17) is 0 Å². The van der Waals surface area contributed by atoms with Gasteiger partial charge in [-0.3, -0.25) is 0 Å². The molecule has 0 amide bonds. The second-order valence-electron chi connectivity index (χ2n) is 5.71. The standard InChI is InChI=1S/C16H18N6O/c23-12-7-4-8-22(9-12)16-20-14-13(17-10-18-14)15(21-16)19-11-5-2-1-3-6-11/h1-3,5-6,10,12,23H,4,7-9H2,(H2,17,18,19,20,21)/t12-/m0/s1. The number of fused-ring (bicyclic) bond motifs is 1. The van der Waals surface area contributed by atoms with Gasteiger partial charge in [0.1, 0.15) is 5.52 Å². The first-order valence-corrected chi connectivity index (χ1v) is 7.76. The van der Waals surface area contributed by atoms with Crippen LogP contribution in [0.3, 0.4) is 0 Å². The number of benzene rings is 1. The molecule has 1 atom stereocenters. The molecule has 1 aromatic carbocycles. The number of rotatable bonds is 3. The lowest BCUT2D eigenvalue weighted by Gasteiger charge is -2.30. The number of aromatic amines is 1. The number of anilines is 3. The van der Waals surface area contributed by atoms with Crippen LogP contribution in [0.1, 0.15) is 12.8 Å². The Hall–Kier alpha value is -2.67. The lowest BCUT2D eigenvalue weighted by atomic mass is 10.1. The van der Waals surface area contributed by atoms with Gasteiger partial charge >= 0.3 is 0 Å². The number of piperidine rings is 1. The molecule has 0 unspecified atom stereocenters. The van der Waals surface area contributed by atoms with Gasteiger partial charge < -0.3 is 20.3 Å². The van der Waals surface area contributed by atoms with Crippen molar-refractivity contribution in [1.29, 1.82) is 0 Å². The molecule has 0 saturated carbocycles. The highest BCUT2D eigenvalue weighted by Gasteiger charge is 2.21. The summed E-state index contributed by atoms with van der Waals surface area (Å²) >= 11 is 0. The van der Waals surface area contributed by atoms with Gasteiger partial charge in [0.2, 0.25) is 5.95 Å². The van der Waals surface area contributed by atoms with Gasteiger partial charge in [-0.1, -0.05) is 18.2 Å². The van der Waals surface area contributed by atoms with Gasteiger partial charge in [0, 0.05) is 18.8 Å². The van der Waals surface area contributed by atoms with E-state index >= 15 is 0 Å². The quantitative estimate of drug-likeness (QED) is 0.686. The minimum atomic E-state index is -0.326. The van der Waals surface area contributed by atoms with Gasteiger partial charge in [0.15, 0.2) is 11.5 Å². The molecule has 1 aliphatic heterocycles. The molecule has 2 aromatic heterocycles. The average molecular weight is 310 g/mol. The number of hydrogen-bond acceptors (Lipinski definition) is 6. The molecule has 3 heterocycles. The minimum absolute atomic E-state index is 0.326. The van der Waals surface area contributed by atoms with E-state index in [9.17, 15) is 5.11 Å². The Morgan fingerprint density at radius 2 is 2.09 bits per heavy atom. The normalized spacial score (nSPS) is 18.3. The molecule has 3 N–H and O–H groups in total. The Bertz CT molecular complexity index is 803. The Kier molecular flexibility index (Phi) is 3.55. The summed E-state index contributed by atoms with van der Waals surface area (Å²) in [6.07, 6.45) is 3.05. The Balaban J connectivity index is 1.72. The number of hydrogen-bond donors (Lipinski definition) is 3. The number of nitrogens with zero attached hydrogens (tertiary/aromatic N) is 4. The number of para-hydroxylation sites is 1. The van der Waals surface area contributed by atoms with Crippen molar-refractivity contribution in [3.63, 3.8) is 0 Å². The largest absolute Gasteiger partial charge is 0.391 e. The molecule has 0 spiro atoms. The maximum atomic E-state index is 9.88. The van der Waals surface area contributed by atoms with Crippen molar-refractivity contribution in [3.8, 4) is 0 Å². The van der Waals surface area contributed by atoms with Crippen molar-refractivity contribution < 1.29 is 5.11 Å². The van der Waals surface area contributed by atoms with Gasteiger partial charge in [0.05, 0.1) is 12.4 Å². The lowest BCUT2D eigenvalue weighted by Crippen LogP contribution is -2.39. The van der Waals surface area contributed by atoms with Crippen molar-refractivity contribution in [2.24, 2.45) is 0 Å². The highest BCUT2D eigenvalue weighted by Crippen LogP contribution is 2.25. The summed E-state index contributed by atoms with van der Waals surface area (Å²) < 4.78 is 0. The van der Waals surface area contributed by atoms with E-state index in [2.05, 4.69) is 25.3 Å². The molecule has 7 nitrogen and oxygen atoms in total. The highest BCUT2D eigenvalue weighted by molar-refractivity contribution is 5.86. The van der Waals surface area contributed by atoms with Gasteiger partial charge in [-0.05, 0) is 25.0 Å². The third-order valence-electron chi connectivity index (χ3n) is 3.99. The van der Waals surface area contributed by atoms with E-state index in [1.165, 1.54) is 0 Å². The molecule has 23 heavy (non-hydrogen) atoms. The molecule has 3 aromatic rings. The number of imidazole rings is 1. The summed E-state index contributed by atoms with van der Waals surface area (Å²) in [4.78, 5) is 18.5. The fourth-order valence-electron chi connectivity index (χ4n) is 2.85. The summed E-state index contributed by atoms with van der Waals surface area (Å²) in [7, 11) is 0. The van der Waals surface area contributed by atoms with Gasteiger partial charge in [-0.2, -0.15) is 9.97 Å². The fourth-order valence-corrected chi connectivity index (χ4v) is 2.85. The third kappa shape index (κ3) is 2.83. The first-order valence-electron chi connectivity index (χ1n) is 7.76. The van der Waals surface area contributed by atoms with Gasteiger partial charge in [0.25, 0.3) is 0 Å². The number of nitrogens with one attached hydrogen (secondary N) is 2. The summed E-state index contributed by atoms with van der Waals surface area (Å²) in [6.45, 7) is 1.40. The number of aliphatic hydroxyl groups excluding tert-OH is 1. The van der Waals surface area contributed by atoms with E-state index in [0.29, 0.717) is 24.0 Å². The minimum Gasteiger partial charge on any atom is -0.391 e. The fraction of sp³-hybridized carbons (Fsp3) is 0.312. The van der Waals surface area contributed by atoms with Crippen molar-refractivity contribution in [2.75, 3.05) is 23.3 Å².